The van der Waals surface area contributed by atoms with Gasteiger partial charge in [0.05, 0.1) is 13.6 Å². The van der Waals surface area contributed by atoms with Crippen molar-refractivity contribution in [3.8, 4) is 0 Å². The Labute approximate surface area is 117 Å². The van der Waals surface area contributed by atoms with Crippen LogP contribution >= 0.6 is 15.9 Å². The number of hydrogen-bond acceptors (Lipinski definition) is 1. The van der Waals surface area contributed by atoms with E-state index >= 15 is 0 Å². The molecule has 2 rings (SSSR count). The maximum Gasteiger partial charge on any atom is 0.103 e. The number of nitrogens with zero attached hydrogens (tertiary/aromatic N) is 1. The first-order valence-electron chi connectivity index (χ1n) is 6.20. The van der Waals surface area contributed by atoms with Crippen molar-refractivity contribution in [1.29, 1.82) is 0 Å². The fourth-order valence-electron chi connectivity index (χ4n) is 1.93. The summed E-state index contributed by atoms with van der Waals surface area (Å²) in [6.45, 7) is 2.16. The summed E-state index contributed by atoms with van der Waals surface area (Å²) in [4.78, 5) is 5.85. The highest BCUT2D eigenvalue weighted by molar-refractivity contribution is 9.10. The quantitative estimate of drug-likeness (QED) is 0.895. The zero-order valence-electron chi connectivity index (χ0n) is 10.6. The summed E-state index contributed by atoms with van der Waals surface area (Å²) in [6.07, 6.45) is 2.89. The average molecular weight is 306 g/mol. The smallest absolute Gasteiger partial charge is 0.103 e. The van der Waals surface area contributed by atoms with Crippen LogP contribution in [0.2, 0.25) is 0 Å². The lowest BCUT2D eigenvalue weighted by Gasteiger charge is -2.13. The van der Waals surface area contributed by atoms with Gasteiger partial charge in [-0.3, -0.25) is 4.98 Å². The van der Waals surface area contributed by atoms with Crippen molar-refractivity contribution < 1.29 is 4.90 Å². The van der Waals surface area contributed by atoms with Gasteiger partial charge < -0.3 is 4.90 Å². The number of benzene rings is 1. The third-order valence-electron chi connectivity index (χ3n) is 2.95. The van der Waals surface area contributed by atoms with Gasteiger partial charge >= 0.3 is 0 Å². The fraction of sp³-hybridized carbons (Fsp3) is 0.267. The Balaban J connectivity index is 1.82. The second-order valence-electron chi connectivity index (χ2n) is 4.58. The first-order valence-corrected chi connectivity index (χ1v) is 6.99. The van der Waals surface area contributed by atoms with Gasteiger partial charge in [0, 0.05) is 28.3 Å². The molecule has 0 saturated carbocycles. The maximum absolute atomic E-state index is 4.35. The first-order chi connectivity index (χ1) is 8.74. The largest absolute Gasteiger partial charge is 0.333 e. The van der Waals surface area contributed by atoms with E-state index in [-0.39, 0.29) is 0 Å². The molecular weight excluding hydrogens is 288 g/mol. The van der Waals surface area contributed by atoms with Gasteiger partial charge in [-0.1, -0.05) is 34.1 Å². The molecule has 0 spiro atoms. The summed E-state index contributed by atoms with van der Waals surface area (Å²) in [5, 5.41) is 0. The summed E-state index contributed by atoms with van der Waals surface area (Å²) in [6, 6.07) is 14.6. The molecule has 0 aliphatic carbocycles. The second-order valence-corrected chi connectivity index (χ2v) is 5.50. The Morgan fingerprint density at radius 2 is 1.89 bits per heavy atom. The van der Waals surface area contributed by atoms with Crippen LogP contribution < -0.4 is 4.90 Å². The molecule has 0 radical (unpaired) electrons. The summed E-state index contributed by atoms with van der Waals surface area (Å²) in [7, 11) is 2.23. The molecule has 0 saturated heterocycles. The summed E-state index contributed by atoms with van der Waals surface area (Å²) >= 11 is 3.46. The van der Waals surface area contributed by atoms with Crippen molar-refractivity contribution in [1.82, 2.24) is 4.98 Å². The molecule has 0 bridgehead atoms. The Bertz CT molecular complexity index is 468. The molecule has 0 amide bonds. The number of quaternary nitrogens is 1. The zero-order valence-corrected chi connectivity index (χ0v) is 12.2. The number of rotatable bonds is 5. The Morgan fingerprint density at radius 3 is 2.56 bits per heavy atom. The van der Waals surface area contributed by atoms with Crippen LogP contribution in [0, 0.1) is 0 Å². The molecule has 1 aromatic carbocycles. The van der Waals surface area contributed by atoms with Crippen LogP contribution in [0.3, 0.4) is 0 Å². The van der Waals surface area contributed by atoms with Crippen molar-refractivity contribution in [3.05, 3.63) is 64.4 Å². The minimum atomic E-state index is 1.03. The van der Waals surface area contributed by atoms with E-state index < -0.39 is 0 Å². The van der Waals surface area contributed by atoms with E-state index in [9.17, 15) is 0 Å². The predicted molar refractivity (Wildman–Crippen MR) is 77.5 cm³/mol. The van der Waals surface area contributed by atoms with E-state index in [2.05, 4.69) is 58.3 Å². The van der Waals surface area contributed by atoms with Crippen molar-refractivity contribution in [2.24, 2.45) is 0 Å². The first kappa shape index (κ1) is 13.2. The van der Waals surface area contributed by atoms with Gasteiger partial charge in [0.1, 0.15) is 6.54 Å². The van der Waals surface area contributed by atoms with Crippen LogP contribution in [0.1, 0.15) is 11.3 Å². The molecule has 1 atom stereocenters. The maximum atomic E-state index is 4.35. The molecule has 1 N–H and O–H groups in total. The van der Waals surface area contributed by atoms with E-state index in [1.54, 1.807) is 0 Å². The molecule has 0 aliphatic heterocycles. The van der Waals surface area contributed by atoms with Crippen molar-refractivity contribution in [3.63, 3.8) is 0 Å². The SMILES string of the molecule is C[NH+](CCc1ccccn1)Cc1ccc(Br)cc1. The van der Waals surface area contributed by atoms with Gasteiger partial charge in [0.15, 0.2) is 0 Å². The van der Waals surface area contributed by atoms with Crippen LogP contribution in [0.4, 0.5) is 0 Å². The second kappa shape index (κ2) is 6.66. The number of halogens is 1. The van der Waals surface area contributed by atoms with Gasteiger partial charge in [-0.25, -0.2) is 0 Å². The van der Waals surface area contributed by atoms with Crippen LogP contribution in [-0.4, -0.2) is 18.6 Å². The molecule has 1 heterocycles. The lowest BCUT2D eigenvalue weighted by Crippen LogP contribution is -3.07. The number of likely N-dealkylation sites (N-methyl/N-ethyl adjacent to an activating group) is 1. The van der Waals surface area contributed by atoms with Crippen LogP contribution in [-0.2, 0) is 13.0 Å². The van der Waals surface area contributed by atoms with Crippen molar-refractivity contribution in [2.75, 3.05) is 13.6 Å². The number of aromatic nitrogens is 1. The average Bonchev–Trinajstić information content (AvgIpc) is 2.40. The minimum absolute atomic E-state index is 1.03. The van der Waals surface area contributed by atoms with Gasteiger partial charge in [-0.05, 0) is 24.3 Å². The Kier molecular flexibility index (Phi) is 4.90. The highest BCUT2D eigenvalue weighted by Gasteiger charge is 2.04. The monoisotopic (exact) mass is 305 g/mol. The molecule has 2 nitrogen and oxygen atoms in total. The van der Waals surface area contributed by atoms with E-state index in [4.69, 9.17) is 0 Å². The topological polar surface area (TPSA) is 17.3 Å². The van der Waals surface area contributed by atoms with Gasteiger partial charge in [0.25, 0.3) is 0 Å². The highest BCUT2D eigenvalue weighted by atomic mass is 79.9. The van der Waals surface area contributed by atoms with Gasteiger partial charge in [0.2, 0.25) is 0 Å². The molecule has 3 heteroatoms. The molecule has 2 aromatic rings. The van der Waals surface area contributed by atoms with Crippen LogP contribution in [0.5, 0.6) is 0 Å². The molecule has 18 heavy (non-hydrogen) atoms. The van der Waals surface area contributed by atoms with E-state index in [1.807, 2.05) is 18.3 Å². The molecule has 1 aromatic heterocycles. The lowest BCUT2D eigenvalue weighted by molar-refractivity contribution is -0.893. The van der Waals surface area contributed by atoms with Crippen molar-refractivity contribution in [2.45, 2.75) is 13.0 Å². The summed E-state index contributed by atoms with van der Waals surface area (Å²) in [5.41, 5.74) is 2.55. The molecule has 1 unspecified atom stereocenters. The Morgan fingerprint density at radius 1 is 1.11 bits per heavy atom. The van der Waals surface area contributed by atoms with Gasteiger partial charge in [-0.15, -0.1) is 0 Å². The summed E-state index contributed by atoms with van der Waals surface area (Å²) in [5.74, 6) is 0. The van der Waals surface area contributed by atoms with Crippen LogP contribution in [0.25, 0.3) is 0 Å². The van der Waals surface area contributed by atoms with E-state index in [0.717, 1.165) is 24.0 Å². The normalized spacial score (nSPS) is 12.3. The molecular formula is C15H18BrN2+. The molecule has 0 aliphatic rings. The van der Waals surface area contributed by atoms with Crippen LogP contribution in [0.15, 0.2) is 53.1 Å². The number of nitrogens with one attached hydrogen (secondary N) is 1. The summed E-state index contributed by atoms with van der Waals surface area (Å²) < 4.78 is 1.14. The standard InChI is InChI=1S/C15H17BrN2/c1-18(11-9-15-4-2-3-10-17-15)12-13-5-7-14(16)8-6-13/h2-8,10H,9,11-12H2,1H3/p+1. The van der Waals surface area contributed by atoms with E-state index in [1.165, 1.54) is 16.2 Å². The predicted octanol–water partition coefficient (Wildman–Crippen LogP) is 2.10. The van der Waals surface area contributed by atoms with Crippen molar-refractivity contribution >= 4 is 15.9 Å². The molecule has 0 fully saturated rings. The minimum Gasteiger partial charge on any atom is -0.333 e. The molecule has 94 valence electrons. The third kappa shape index (κ3) is 4.24. The van der Waals surface area contributed by atoms with E-state index in [0.29, 0.717) is 0 Å². The number of pyridine rings is 1. The highest BCUT2D eigenvalue weighted by Crippen LogP contribution is 2.09. The lowest BCUT2D eigenvalue weighted by atomic mass is 10.2. The third-order valence-corrected chi connectivity index (χ3v) is 3.48. The zero-order chi connectivity index (χ0) is 12.8. The fourth-order valence-corrected chi connectivity index (χ4v) is 2.19. The Hall–Kier alpha value is -1.19. The number of hydrogen-bond donors (Lipinski definition) is 1. The van der Waals surface area contributed by atoms with Gasteiger partial charge in [-0.2, -0.15) is 0 Å².